The van der Waals surface area contributed by atoms with Gasteiger partial charge in [0.1, 0.15) is 5.02 Å². The molecule has 0 amide bonds. The van der Waals surface area contributed by atoms with Crippen molar-refractivity contribution in [1.82, 2.24) is 9.78 Å². The van der Waals surface area contributed by atoms with Crippen LogP contribution in [-0.2, 0) is 7.05 Å². The molecule has 1 aromatic heterocycles. The number of rotatable bonds is 3. The third-order valence-electron chi connectivity index (χ3n) is 2.41. The van der Waals surface area contributed by atoms with Gasteiger partial charge >= 0.3 is 0 Å². The molecule has 0 radical (unpaired) electrons. The first-order chi connectivity index (χ1) is 8.59. The summed E-state index contributed by atoms with van der Waals surface area (Å²) in [5.74, 6) is 0.647. The molecule has 0 aliphatic carbocycles. The number of nitrogens with zero attached hydrogens (tertiary/aromatic N) is 4. The molecule has 4 nitrogen and oxygen atoms in total. The van der Waals surface area contributed by atoms with E-state index in [0.717, 1.165) is 5.56 Å². The number of aryl methyl sites for hydroxylation is 1. The first kappa shape index (κ1) is 12.9. The molecule has 0 atom stereocenters. The second-order valence-electron chi connectivity index (χ2n) is 3.73. The van der Waals surface area contributed by atoms with Gasteiger partial charge in [-0.15, -0.1) is 0 Å². The predicted molar refractivity (Wildman–Crippen MR) is 75.7 cm³/mol. The second kappa shape index (κ2) is 5.42. The van der Waals surface area contributed by atoms with Crippen LogP contribution in [0, 0.1) is 0 Å². The van der Waals surface area contributed by atoms with Gasteiger partial charge in [-0.3, -0.25) is 0 Å². The smallest absolute Gasteiger partial charge is 0.171 e. The van der Waals surface area contributed by atoms with Crippen molar-refractivity contribution in [2.24, 2.45) is 12.1 Å². The molecular formula is C12H12Cl2N4. The quantitative estimate of drug-likeness (QED) is 0.640. The summed E-state index contributed by atoms with van der Waals surface area (Å²) in [6.07, 6.45) is 1.75. The molecule has 0 fully saturated rings. The lowest BCUT2D eigenvalue weighted by molar-refractivity contribution is 0.745. The highest BCUT2D eigenvalue weighted by Gasteiger charge is 2.15. The van der Waals surface area contributed by atoms with E-state index in [1.807, 2.05) is 30.3 Å². The summed E-state index contributed by atoms with van der Waals surface area (Å²) in [6.45, 7) is 0. The molecule has 0 spiro atoms. The summed E-state index contributed by atoms with van der Waals surface area (Å²) in [5, 5.41) is 10.6. The summed E-state index contributed by atoms with van der Waals surface area (Å²) < 4.78 is 1.59. The molecule has 2 rings (SSSR count). The van der Waals surface area contributed by atoms with Crippen molar-refractivity contribution in [3.05, 3.63) is 46.1 Å². The summed E-state index contributed by atoms with van der Waals surface area (Å²) in [7, 11) is 3.56. The number of hydrogen-bond donors (Lipinski definition) is 0. The average Bonchev–Trinajstić information content (AvgIpc) is 2.62. The summed E-state index contributed by atoms with van der Waals surface area (Å²) in [6, 6.07) is 9.80. The Kier molecular flexibility index (Phi) is 3.89. The molecule has 0 aliphatic heterocycles. The van der Waals surface area contributed by atoms with Gasteiger partial charge in [0.05, 0.1) is 6.21 Å². The maximum Gasteiger partial charge on any atom is 0.171 e. The van der Waals surface area contributed by atoms with Crippen LogP contribution >= 0.6 is 23.2 Å². The molecule has 0 bridgehead atoms. The maximum atomic E-state index is 6.06. The van der Waals surface area contributed by atoms with Crippen LogP contribution in [0.25, 0.3) is 0 Å². The van der Waals surface area contributed by atoms with Crippen molar-refractivity contribution in [3.8, 4) is 0 Å². The first-order valence-corrected chi connectivity index (χ1v) is 6.06. The van der Waals surface area contributed by atoms with E-state index in [9.17, 15) is 0 Å². The van der Waals surface area contributed by atoms with Gasteiger partial charge in [-0.1, -0.05) is 53.5 Å². The van der Waals surface area contributed by atoms with Gasteiger partial charge in [-0.2, -0.15) is 10.2 Å². The van der Waals surface area contributed by atoms with Gasteiger partial charge in [0, 0.05) is 14.1 Å². The molecule has 0 saturated heterocycles. The lowest BCUT2D eigenvalue weighted by Gasteiger charge is -2.12. The molecule has 1 heterocycles. The van der Waals surface area contributed by atoms with Crippen molar-refractivity contribution in [2.75, 3.05) is 12.1 Å². The third kappa shape index (κ3) is 2.66. The van der Waals surface area contributed by atoms with Crippen LogP contribution < -0.4 is 5.01 Å². The van der Waals surface area contributed by atoms with Crippen LogP contribution in [0.4, 0.5) is 5.82 Å². The second-order valence-corrected chi connectivity index (χ2v) is 4.47. The summed E-state index contributed by atoms with van der Waals surface area (Å²) >= 11 is 11.9. The molecule has 0 unspecified atom stereocenters. The van der Waals surface area contributed by atoms with Gasteiger partial charge in [0.2, 0.25) is 0 Å². The van der Waals surface area contributed by atoms with E-state index in [4.69, 9.17) is 23.2 Å². The van der Waals surface area contributed by atoms with Crippen LogP contribution in [0.15, 0.2) is 35.4 Å². The van der Waals surface area contributed by atoms with Crippen molar-refractivity contribution in [2.45, 2.75) is 0 Å². The largest absolute Gasteiger partial charge is 0.250 e. The third-order valence-corrected chi connectivity index (χ3v) is 3.12. The van der Waals surface area contributed by atoms with Crippen LogP contribution in [-0.4, -0.2) is 23.0 Å². The maximum absolute atomic E-state index is 6.06. The Morgan fingerprint density at radius 1 is 1.28 bits per heavy atom. The van der Waals surface area contributed by atoms with Gasteiger partial charge in [-0.05, 0) is 5.56 Å². The summed E-state index contributed by atoms with van der Waals surface area (Å²) in [4.78, 5) is 0. The number of hydrogen-bond acceptors (Lipinski definition) is 3. The van der Waals surface area contributed by atoms with E-state index >= 15 is 0 Å². The van der Waals surface area contributed by atoms with Crippen LogP contribution in [0.3, 0.4) is 0 Å². The van der Waals surface area contributed by atoms with Crippen molar-refractivity contribution < 1.29 is 0 Å². The van der Waals surface area contributed by atoms with Gasteiger partial charge < -0.3 is 0 Å². The number of benzene rings is 1. The molecule has 94 valence electrons. The fourth-order valence-corrected chi connectivity index (χ4v) is 2.04. The van der Waals surface area contributed by atoms with E-state index < -0.39 is 0 Å². The highest BCUT2D eigenvalue weighted by Crippen LogP contribution is 2.31. The molecule has 2 aromatic rings. The van der Waals surface area contributed by atoms with Crippen molar-refractivity contribution in [1.29, 1.82) is 0 Å². The summed E-state index contributed by atoms with van der Waals surface area (Å²) in [5.41, 5.74) is 1.01. The van der Waals surface area contributed by atoms with E-state index in [1.165, 1.54) is 0 Å². The van der Waals surface area contributed by atoms with Gasteiger partial charge in [0.25, 0.3) is 0 Å². The molecule has 6 heteroatoms. The monoisotopic (exact) mass is 282 g/mol. The molecule has 0 aliphatic rings. The lowest BCUT2D eigenvalue weighted by Crippen LogP contribution is -2.13. The van der Waals surface area contributed by atoms with E-state index in [2.05, 4.69) is 10.2 Å². The molecular weight excluding hydrogens is 271 g/mol. The Balaban J connectivity index is 2.22. The van der Waals surface area contributed by atoms with Crippen LogP contribution in [0.5, 0.6) is 0 Å². The number of hydrazone groups is 1. The minimum atomic E-state index is 0.274. The Bertz CT molecular complexity index is 563. The molecule has 1 aromatic carbocycles. The van der Waals surface area contributed by atoms with Gasteiger partial charge in [0.15, 0.2) is 11.0 Å². The Morgan fingerprint density at radius 2 is 1.94 bits per heavy atom. The molecule has 18 heavy (non-hydrogen) atoms. The number of anilines is 1. The highest BCUT2D eigenvalue weighted by molar-refractivity contribution is 6.42. The van der Waals surface area contributed by atoms with E-state index in [-0.39, 0.29) is 5.15 Å². The average molecular weight is 283 g/mol. The Hall–Kier alpha value is -1.52. The minimum Gasteiger partial charge on any atom is -0.250 e. The minimum absolute atomic E-state index is 0.274. The van der Waals surface area contributed by atoms with Crippen molar-refractivity contribution >= 4 is 35.2 Å². The SMILES string of the molecule is CN(N=Cc1ccccc1)c1c(Cl)c(Cl)nn1C. The molecule has 0 saturated carbocycles. The van der Waals surface area contributed by atoms with E-state index in [0.29, 0.717) is 10.8 Å². The zero-order valence-corrected chi connectivity index (χ0v) is 11.5. The lowest BCUT2D eigenvalue weighted by atomic mass is 10.2. The molecule has 0 N–H and O–H groups in total. The standard InChI is InChI=1S/C12H12Cl2N4/c1-17(12-10(13)11(14)16-18(12)2)15-8-9-6-4-3-5-7-9/h3-8H,1-2H3. The zero-order valence-electron chi connectivity index (χ0n) is 10.0. The van der Waals surface area contributed by atoms with Crippen molar-refractivity contribution in [3.63, 3.8) is 0 Å². The first-order valence-electron chi connectivity index (χ1n) is 5.30. The highest BCUT2D eigenvalue weighted by atomic mass is 35.5. The number of aromatic nitrogens is 2. The predicted octanol–water partition coefficient (Wildman–Crippen LogP) is 3.20. The van der Waals surface area contributed by atoms with Crippen LogP contribution in [0.2, 0.25) is 10.2 Å². The number of halogens is 2. The Labute approximate surface area is 115 Å². The fourth-order valence-electron chi connectivity index (χ4n) is 1.56. The topological polar surface area (TPSA) is 33.4 Å². The Morgan fingerprint density at radius 3 is 2.50 bits per heavy atom. The van der Waals surface area contributed by atoms with E-state index in [1.54, 1.807) is 30.0 Å². The fraction of sp³-hybridized carbons (Fsp3) is 0.167. The zero-order chi connectivity index (χ0) is 13.1. The van der Waals surface area contributed by atoms with Gasteiger partial charge in [-0.25, -0.2) is 9.69 Å². The normalized spacial score (nSPS) is 11.1. The van der Waals surface area contributed by atoms with Crippen LogP contribution in [0.1, 0.15) is 5.56 Å².